The van der Waals surface area contributed by atoms with Crippen LogP contribution in [0.1, 0.15) is 34.0 Å². The minimum atomic E-state index is -0.306. The van der Waals surface area contributed by atoms with Gasteiger partial charge in [0, 0.05) is 18.3 Å². The highest BCUT2D eigenvalue weighted by atomic mass is 19.1. The number of ether oxygens (including phenoxy) is 1. The molecule has 0 saturated heterocycles. The number of anilines is 2. The van der Waals surface area contributed by atoms with Crippen molar-refractivity contribution < 1.29 is 13.9 Å². The number of hydrogen-bond acceptors (Lipinski definition) is 5. The zero-order chi connectivity index (χ0) is 18.8. The molecule has 1 heterocycles. The average molecular weight is 363 g/mol. The summed E-state index contributed by atoms with van der Waals surface area (Å²) in [5.41, 5.74) is 3.07. The molecule has 0 amide bonds. The molecule has 0 fully saturated rings. The average Bonchev–Trinajstić information content (AvgIpc) is 2.69. The van der Waals surface area contributed by atoms with Crippen molar-refractivity contribution in [2.45, 2.75) is 18.8 Å². The van der Waals surface area contributed by atoms with Crippen LogP contribution in [-0.2, 0) is 6.42 Å². The first kappa shape index (κ1) is 17.1. The molecule has 136 valence electrons. The van der Waals surface area contributed by atoms with Gasteiger partial charge < -0.3 is 10.1 Å². The van der Waals surface area contributed by atoms with Gasteiger partial charge in [0.2, 0.25) is 5.95 Å². The monoisotopic (exact) mass is 363 g/mol. The topological polar surface area (TPSA) is 64.1 Å². The first-order chi connectivity index (χ1) is 13.1. The molecule has 0 bridgehead atoms. The van der Waals surface area contributed by atoms with Crippen LogP contribution in [0.4, 0.5) is 16.0 Å². The molecule has 0 radical (unpaired) electrons. The van der Waals surface area contributed by atoms with Crippen molar-refractivity contribution in [2.24, 2.45) is 0 Å². The zero-order valence-corrected chi connectivity index (χ0v) is 14.8. The SMILES string of the molecule is COc1ccc([C@@H]2CC(=O)c3cnc(Nc4ccc(F)cc4)nc3C2)cc1. The minimum absolute atomic E-state index is 0.0467. The molecule has 1 aliphatic rings. The number of aromatic nitrogens is 2. The van der Waals surface area contributed by atoms with Crippen LogP contribution in [0, 0.1) is 5.82 Å². The Labute approximate surface area is 156 Å². The lowest BCUT2D eigenvalue weighted by Crippen LogP contribution is -2.21. The lowest BCUT2D eigenvalue weighted by Gasteiger charge is -2.23. The molecule has 1 aromatic heterocycles. The molecule has 2 aromatic carbocycles. The predicted molar refractivity (Wildman–Crippen MR) is 100 cm³/mol. The quantitative estimate of drug-likeness (QED) is 0.749. The van der Waals surface area contributed by atoms with E-state index in [1.165, 1.54) is 12.1 Å². The maximum atomic E-state index is 13.0. The molecule has 5 nitrogen and oxygen atoms in total. The standard InChI is InChI=1S/C21H18FN3O2/c1-27-17-8-2-13(3-9-17)14-10-19-18(20(26)11-14)12-23-21(25-19)24-16-6-4-15(22)5-7-16/h2-9,12,14H,10-11H2,1H3,(H,23,24,25)/t14-/m0/s1. The normalized spacial score (nSPS) is 15.9. The van der Waals surface area contributed by atoms with Gasteiger partial charge in [0.25, 0.3) is 0 Å². The number of nitrogens with one attached hydrogen (secondary N) is 1. The molecule has 3 aromatic rings. The predicted octanol–water partition coefficient (Wildman–Crippen LogP) is 4.28. The molecule has 0 aliphatic heterocycles. The van der Waals surface area contributed by atoms with E-state index < -0.39 is 0 Å². The number of halogens is 1. The third-order valence-electron chi connectivity index (χ3n) is 4.73. The highest BCUT2D eigenvalue weighted by Crippen LogP contribution is 2.33. The van der Waals surface area contributed by atoms with Gasteiger partial charge in [0.1, 0.15) is 11.6 Å². The summed E-state index contributed by atoms with van der Waals surface area (Å²) in [5, 5.41) is 3.05. The largest absolute Gasteiger partial charge is 0.497 e. The molecular formula is C21H18FN3O2. The van der Waals surface area contributed by atoms with E-state index in [0.717, 1.165) is 17.0 Å². The molecule has 1 aliphatic carbocycles. The molecule has 1 atom stereocenters. The van der Waals surface area contributed by atoms with Crippen molar-refractivity contribution in [1.29, 1.82) is 0 Å². The van der Waals surface area contributed by atoms with Crippen LogP contribution < -0.4 is 10.1 Å². The summed E-state index contributed by atoms with van der Waals surface area (Å²) in [4.78, 5) is 21.3. The number of carbonyl (C=O) groups excluding carboxylic acids is 1. The van der Waals surface area contributed by atoms with Crippen LogP contribution >= 0.6 is 0 Å². The molecule has 1 N–H and O–H groups in total. The lowest BCUT2D eigenvalue weighted by molar-refractivity contribution is 0.0962. The van der Waals surface area contributed by atoms with Crippen LogP contribution in [0.2, 0.25) is 0 Å². The fraction of sp³-hybridized carbons (Fsp3) is 0.190. The second-order valence-corrected chi connectivity index (χ2v) is 6.49. The summed E-state index contributed by atoms with van der Waals surface area (Å²) in [6, 6.07) is 13.7. The van der Waals surface area contributed by atoms with E-state index in [-0.39, 0.29) is 17.5 Å². The Bertz CT molecular complexity index is 972. The molecule has 0 spiro atoms. The second kappa shape index (κ2) is 7.15. The number of benzene rings is 2. The van der Waals surface area contributed by atoms with Crippen LogP contribution in [-0.4, -0.2) is 22.9 Å². The zero-order valence-electron chi connectivity index (χ0n) is 14.8. The maximum absolute atomic E-state index is 13.0. The van der Waals surface area contributed by atoms with Crippen molar-refractivity contribution >= 4 is 17.4 Å². The smallest absolute Gasteiger partial charge is 0.227 e. The number of rotatable bonds is 4. The van der Waals surface area contributed by atoms with Crippen LogP contribution in [0.3, 0.4) is 0 Å². The van der Waals surface area contributed by atoms with Crippen molar-refractivity contribution in [3.63, 3.8) is 0 Å². The van der Waals surface area contributed by atoms with Crippen molar-refractivity contribution in [2.75, 3.05) is 12.4 Å². The maximum Gasteiger partial charge on any atom is 0.227 e. The lowest BCUT2D eigenvalue weighted by atomic mass is 9.82. The number of nitrogens with zero attached hydrogens (tertiary/aromatic N) is 2. The number of Topliss-reactive ketones (excluding diaryl/α,β-unsaturated/α-hetero) is 1. The number of hydrogen-bond donors (Lipinski definition) is 1. The van der Waals surface area contributed by atoms with Crippen molar-refractivity contribution in [3.05, 3.63) is 77.4 Å². The fourth-order valence-corrected chi connectivity index (χ4v) is 3.28. The molecule has 0 saturated carbocycles. The first-order valence-electron chi connectivity index (χ1n) is 8.68. The van der Waals surface area contributed by atoms with E-state index in [1.807, 2.05) is 24.3 Å². The van der Waals surface area contributed by atoms with E-state index in [2.05, 4.69) is 15.3 Å². The highest BCUT2D eigenvalue weighted by Gasteiger charge is 2.28. The number of methoxy groups -OCH3 is 1. The van der Waals surface area contributed by atoms with E-state index >= 15 is 0 Å². The van der Waals surface area contributed by atoms with Gasteiger partial charge in [-0.25, -0.2) is 14.4 Å². The third-order valence-corrected chi connectivity index (χ3v) is 4.73. The summed E-state index contributed by atoms with van der Waals surface area (Å²) < 4.78 is 18.2. The van der Waals surface area contributed by atoms with Gasteiger partial charge in [-0.2, -0.15) is 0 Å². The minimum Gasteiger partial charge on any atom is -0.497 e. The van der Waals surface area contributed by atoms with Gasteiger partial charge >= 0.3 is 0 Å². The molecule has 4 rings (SSSR count). The Morgan fingerprint density at radius 3 is 2.52 bits per heavy atom. The van der Waals surface area contributed by atoms with Gasteiger partial charge in [0.15, 0.2) is 5.78 Å². The summed E-state index contributed by atoms with van der Waals surface area (Å²) in [6.45, 7) is 0. The summed E-state index contributed by atoms with van der Waals surface area (Å²) >= 11 is 0. The Balaban J connectivity index is 1.58. The highest BCUT2D eigenvalue weighted by molar-refractivity contribution is 5.98. The van der Waals surface area contributed by atoms with Gasteiger partial charge in [0.05, 0.1) is 18.4 Å². The van der Waals surface area contributed by atoms with Crippen LogP contribution in [0.5, 0.6) is 5.75 Å². The molecule has 0 unspecified atom stereocenters. The second-order valence-electron chi connectivity index (χ2n) is 6.49. The number of fused-ring (bicyclic) bond motifs is 1. The summed E-state index contributed by atoms with van der Waals surface area (Å²) in [5.74, 6) is 0.993. The van der Waals surface area contributed by atoms with Gasteiger partial charge in [-0.15, -0.1) is 0 Å². The Morgan fingerprint density at radius 1 is 1.07 bits per heavy atom. The Kier molecular flexibility index (Phi) is 4.54. The fourth-order valence-electron chi connectivity index (χ4n) is 3.28. The van der Waals surface area contributed by atoms with E-state index in [0.29, 0.717) is 30.0 Å². The summed E-state index contributed by atoms with van der Waals surface area (Å²) in [6.07, 6.45) is 2.67. The number of ketones is 1. The Hall–Kier alpha value is -3.28. The summed E-state index contributed by atoms with van der Waals surface area (Å²) in [7, 11) is 1.63. The van der Waals surface area contributed by atoms with E-state index in [9.17, 15) is 9.18 Å². The van der Waals surface area contributed by atoms with Crippen molar-refractivity contribution in [1.82, 2.24) is 9.97 Å². The van der Waals surface area contributed by atoms with Gasteiger partial charge in [-0.05, 0) is 54.3 Å². The van der Waals surface area contributed by atoms with Gasteiger partial charge in [-0.1, -0.05) is 12.1 Å². The van der Waals surface area contributed by atoms with E-state index in [4.69, 9.17) is 4.74 Å². The van der Waals surface area contributed by atoms with Crippen molar-refractivity contribution in [3.8, 4) is 5.75 Å². The number of carbonyl (C=O) groups is 1. The van der Waals surface area contributed by atoms with E-state index in [1.54, 1.807) is 25.4 Å². The molecule has 27 heavy (non-hydrogen) atoms. The molecule has 6 heteroatoms. The molecular weight excluding hydrogens is 345 g/mol. The first-order valence-corrected chi connectivity index (χ1v) is 8.68. The third kappa shape index (κ3) is 3.65. The van der Waals surface area contributed by atoms with Crippen LogP contribution in [0.15, 0.2) is 54.7 Å². The Morgan fingerprint density at radius 2 is 1.81 bits per heavy atom. The van der Waals surface area contributed by atoms with Crippen LogP contribution in [0.25, 0.3) is 0 Å². The van der Waals surface area contributed by atoms with Gasteiger partial charge in [-0.3, -0.25) is 4.79 Å².